The van der Waals surface area contributed by atoms with Crippen LogP contribution in [0.1, 0.15) is 31.9 Å². The number of hydrogen-bond donors (Lipinski definition) is 4. The largest absolute Gasteiger partial charge is 0.497 e. The molecule has 38 heavy (non-hydrogen) atoms. The molecule has 10 nitrogen and oxygen atoms in total. The number of nitrogens with one attached hydrogen (secondary N) is 3. The quantitative estimate of drug-likeness (QED) is 0.281. The van der Waals surface area contributed by atoms with E-state index in [2.05, 4.69) is 16.0 Å². The van der Waals surface area contributed by atoms with Gasteiger partial charge in [-0.05, 0) is 50.5 Å². The molecule has 0 bridgehead atoms. The Balaban J connectivity index is 1.78. The zero-order chi connectivity index (χ0) is 27.9. The van der Waals surface area contributed by atoms with Gasteiger partial charge in [-0.1, -0.05) is 42.5 Å². The maximum absolute atomic E-state index is 13.5. The van der Waals surface area contributed by atoms with Crippen molar-refractivity contribution in [3.8, 4) is 5.75 Å². The summed E-state index contributed by atoms with van der Waals surface area (Å²) in [4.78, 5) is 51.7. The Labute approximate surface area is 222 Å². The minimum atomic E-state index is -1.18. The van der Waals surface area contributed by atoms with Gasteiger partial charge in [0.1, 0.15) is 23.9 Å². The summed E-state index contributed by atoms with van der Waals surface area (Å²) < 4.78 is 10.4. The van der Waals surface area contributed by atoms with Crippen LogP contribution in [-0.2, 0) is 36.8 Å². The maximum Gasteiger partial charge on any atom is 0.243 e. The van der Waals surface area contributed by atoms with Crippen molar-refractivity contribution in [2.45, 2.75) is 63.4 Å². The third-order valence-corrected chi connectivity index (χ3v) is 6.15. The zero-order valence-electron chi connectivity index (χ0n) is 22.2. The van der Waals surface area contributed by atoms with E-state index in [1.807, 2.05) is 30.3 Å². The van der Waals surface area contributed by atoms with Crippen LogP contribution in [0.2, 0.25) is 0 Å². The molecule has 2 aromatic rings. The molecule has 2 aromatic carbocycles. The van der Waals surface area contributed by atoms with Crippen molar-refractivity contribution in [3.05, 3.63) is 65.7 Å². The fourth-order valence-electron chi connectivity index (χ4n) is 3.73. The Morgan fingerprint density at radius 1 is 0.921 bits per heavy atom. The number of benzene rings is 2. The van der Waals surface area contributed by atoms with Crippen LogP contribution in [-0.4, -0.2) is 67.0 Å². The van der Waals surface area contributed by atoms with E-state index in [1.54, 1.807) is 31.4 Å². The first kappa shape index (κ1) is 28.8. The molecular formula is C28H36N4O6. The summed E-state index contributed by atoms with van der Waals surface area (Å²) in [6.07, 6.45) is -0.114. The molecule has 1 saturated heterocycles. The molecule has 0 spiro atoms. The van der Waals surface area contributed by atoms with E-state index in [-0.39, 0.29) is 18.6 Å². The smallest absolute Gasteiger partial charge is 0.243 e. The molecule has 1 fully saturated rings. The highest BCUT2D eigenvalue weighted by molar-refractivity contribution is 5.97. The van der Waals surface area contributed by atoms with Gasteiger partial charge >= 0.3 is 0 Å². The third-order valence-electron chi connectivity index (χ3n) is 6.15. The van der Waals surface area contributed by atoms with Crippen LogP contribution in [0.3, 0.4) is 0 Å². The van der Waals surface area contributed by atoms with E-state index in [1.165, 1.54) is 20.8 Å². The van der Waals surface area contributed by atoms with Gasteiger partial charge in [-0.2, -0.15) is 0 Å². The number of epoxide rings is 1. The van der Waals surface area contributed by atoms with Gasteiger partial charge in [0.05, 0.1) is 25.3 Å². The number of hydrogen-bond acceptors (Lipinski definition) is 7. The second-order valence-corrected chi connectivity index (χ2v) is 10.0. The molecule has 0 saturated carbocycles. The fourth-order valence-corrected chi connectivity index (χ4v) is 3.73. The molecule has 10 heteroatoms. The summed E-state index contributed by atoms with van der Waals surface area (Å²) >= 11 is 0. The maximum atomic E-state index is 13.5. The predicted molar refractivity (Wildman–Crippen MR) is 141 cm³/mol. The second-order valence-electron chi connectivity index (χ2n) is 10.0. The lowest BCUT2D eigenvalue weighted by molar-refractivity contribution is -0.134. The predicted octanol–water partition coefficient (Wildman–Crippen LogP) is 0.660. The Kier molecular flexibility index (Phi) is 9.60. The number of carbonyl (C=O) groups is 4. The van der Waals surface area contributed by atoms with Crippen LogP contribution in [0.15, 0.2) is 54.6 Å². The molecule has 0 aliphatic carbocycles. The average Bonchev–Trinajstić information content (AvgIpc) is 3.73. The molecule has 0 aromatic heterocycles. The van der Waals surface area contributed by atoms with Gasteiger partial charge in [-0.25, -0.2) is 0 Å². The van der Waals surface area contributed by atoms with Crippen molar-refractivity contribution < 1.29 is 28.7 Å². The molecule has 4 atom stereocenters. The van der Waals surface area contributed by atoms with Crippen molar-refractivity contribution in [2.75, 3.05) is 13.7 Å². The van der Waals surface area contributed by atoms with E-state index in [0.29, 0.717) is 12.4 Å². The molecule has 3 rings (SSSR count). The van der Waals surface area contributed by atoms with Crippen LogP contribution < -0.4 is 26.4 Å². The van der Waals surface area contributed by atoms with E-state index in [4.69, 9.17) is 15.2 Å². The topological polar surface area (TPSA) is 152 Å². The van der Waals surface area contributed by atoms with Crippen molar-refractivity contribution in [2.24, 2.45) is 5.73 Å². The first-order chi connectivity index (χ1) is 18.0. The standard InChI is InChI=1S/C28H36N4O6/c1-17(30-27(36)28(2,3)29)25(34)32-22(15-19-10-12-20(37-4)13-11-19)26(35)31-21(24(33)23-16-38-23)14-18-8-6-5-7-9-18/h5-13,17,21-23H,14-16,29H2,1-4H3,(H,30,36)(H,31,35)(H,32,34)/t17-,21-,22-,23+/m0/s1. The van der Waals surface area contributed by atoms with Crippen LogP contribution >= 0.6 is 0 Å². The monoisotopic (exact) mass is 524 g/mol. The summed E-state index contributed by atoms with van der Waals surface area (Å²) in [5, 5.41) is 8.11. The number of nitrogens with two attached hydrogens (primary N) is 1. The molecule has 1 heterocycles. The van der Waals surface area contributed by atoms with E-state index in [9.17, 15) is 19.2 Å². The highest BCUT2D eigenvalue weighted by Crippen LogP contribution is 2.16. The SMILES string of the molecule is COc1ccc(C[C@H](NC(=O)[C@H](C)NC(=O)C(C)(C)N)C(=O)N[C@@H](Cc2ccccc2)C(=O)[C@H]2CO2)cc1. The summed E-state index contributed by atoms with van der Waals surface area (Å²) in [5.41, 5.74) is 6.29. The number of rotatable bonds is 13. The number of ketones is 1. The van der Waals surface area contributed by atoms with Gasteiger partial charge in [-0.3, -0.25) is 19.2 Å². The van der Waals surface area contributed by atoms with Gasteiger partial charge in [0.25, 0.3) is 0 Å². The van der Waals surface area contributed by atoms with Gasteiger partial charge in [0.15, 0.2) is 5.78 Å². The van der Waals surface area contributed by atoms with Crippen molar-refractivity contribution >= 4 is 23.5 Å². The van der Waals surface area contributed by atoms with E-state index >= 15 is 0 Å². The second kappa shape index (κ2) is 12.7. The Hall–Kier alpha value is -3.76. The van der Waals surface area contributed by atoms with Crippen LogP contribution in [0.5, 0.6) is 5.75 Å². The highest BCUT2D eigenvalue weighted by Gasteiger charge is 2.38. The Morgan fingerprint density at radius 2 is 1.47 bits per heavy atom. The van der Waals surface area contributed by atoms with E-state index < -0.39 is 47.5 Å². The molecular weight excluding hydrogens is 488 g/mol. The van der Waals surface area contributed by atoms with Crippen molar-refractivity contribution in [1.82, 2.24) is 16.0 Å². The lowest BCUT2D eigenvalue weighted by atomic mass is 9.99. The first-order valence-electron chi connectivity index (χ1n) is 12.5. The Bertz CT molecular complexity index is 1130. The van der Waals surface area contributed by atoms with Crippen LogP contribution in [0.25, 0.3) is 0 Å². The van der Waals surface area contributed by atoms with Gasteiger partial charge in [0.2, 0.25) is 17.7 Å². The third kappa shape index (κ3) is 8.39. The molecule has 5 N–H and O–H groups in total. The molecule has 0 radical (unpaired) electrons. The fraction of sp³-hybridized carbons (Fsp3) is 0.429. The minimum Gasteiger partial charge on any atom is -0.497 e. The van der Waals surface area contributed by atoms with Crippen LogP contribution in [0, 0.1) is 0 Å². The highest BCUT2D eigenvalue weighted by atomic mass is 16.6. The number of Topliss-reactive ketones (excluding diaryl/α,β-unsaturated/α-hetero) is 1. The van der Waals surface area contributed by atoms with Gasteiger partial charge in [0, 0.05) is 6.42 Å². The molecule has 0 unspecified atom stereocenters. The first-order valence-corrected chi connectivity index (χ1v) is 12.5. The molecule has 1 aliphatic rings. The minimum absolute atomic E-state index is 0.150. The van der Waals surface area contributed by atoms with Gasteiger partial charge < -0.3 is 31.2 Å². The molecule has 3 amide bonds. The lowest BCUT2D eigenvalue weighted by Gasteiger charge is -2.25. The lowest BCUT2D eigenvalue weighted by Crippen LogP contribution is -2.58. The van der Waals surface area contributed by atoms with Crippen molar-refractivity contribution in [1.29, 1.82) is 0 Å². The number of carbonyl (C=O) groups excluding carboxylic acids is 4. The summed E-state index contributed by atoms with van der Waals surface area (Å²) in [7, 11) is 1.55. The zero-order valence-corrected chi connectivity index (χ0v) is 22.2. The molecule has 204 valence electrons. The van der Waals surface area contributed by atoms with Crippen molar-refractivity contribution in [3.63, 3.8) is 0 Å². The van der Waals surface area contributed by atoms with E-state index in [0.717, 1.165) is 11.1 Å². The average molecular weight is 525 g/mol. The van der Waals surface area contributed by atoms with Gasteiger partial charge in [-0.15, -0.1) is 0 Å². The Morgan fingerprint density at radius 3 is 2.03 bits per heavy atom. The summed E-state index contributed by atoms with van der Waals surface area (Å²) in [5.74, 6) is -1.16. The molecule has 1 aliphatic heterocycles. The number of ether oxygens (including phenoxy) is 2. The van der Waals surface area contributed by atoms with Crippen LogP contribution in [0.4, 0.5) is 0 Å². The normalized spacial score (nSPS) is 16.9. The summed E-state index contributed by atoms with van der Waals surface area (Å²) in [6.45, 7) is 4.88. The number of methoxy groups -OCH3 is 1. The number of amides is 3. The summed E-state index contributed by atoms with van der Waals surface area (Å²) in [6, 6.07) is 13.6.